The monoisotopic (exact) mass is 446 g/mol. The van der Waals surface area contributed by atoms with Crippen molar-refractivity contribution in [1.82, 2.24) is 9.80 Å². The molecule has 2 heterocycles. The van der Waals surface area contributed by atoms with Crippen LogP contribution in [0.2, 0.25) is 0 Å². The number of β-lactam (4-membered cyclic amide) rings is 1. The second kappa shape index (κ2) is 9.52. The number of carbonyl (C=O) groups excluding carboxylic acids is 3. The Morgan fingerprint density at radius 2 is 1.81 bits per heavy atom. The zero-order valence-corrected chi connectivity index (χ0v) is 18.3. The maximum atomic E-state index is 13.1. The fourth-order valence-electron chi connectivity index (χ4n) is 3.92. The zero-order valence-electron chi connectivity index (χ0n) is 17.5. The number of benzene rings is 1. The number of carboxylic acid groups (broad SMARTS) is 1. The first-order valence-electron chi connectivity index (χ1n) is 10.1. The lowest BCUT2D eigenvalue weighted by Gasteiger charge is -2.52. The SMILES string of the molecule is CCN(CC)C(=O)CC1=C(C(=O)O)N2C(=O)[C@@H](N(C(=O)CN)c3ccccc3)[C@@H]2SC1. The minimum atomic E-state index is -1.25. The Kier molecular flexibility index (Phi) is 7.01. The van der Waals surface area contributed by atoms with Crippen molar-refractivity contribution >= 4 is 41.1 Å². The van der Waals surface area contributed by atoms with Crippen LogP contribution < -0.4 is 10.6 Å². The van der Waals surface area contributed by atoms with Crippen LogP contribution in [0.25, 0.3) is 0 Å². The van der Waals surface area contributed by atoms with Gasteiger partial charge in [-0.3, -0.25) is 24.2 Å². The summed E-state index contributed by atoms with van der Waals surface area (Å²) in [6.07, 6.45) is -0.0540. The van der Waals surface area contributed by atoms with E-state index in [0.29, 0.717) is 30.1 Å². The predicted molar refractivity (Wildman–Crippen MR) is 117 cm³/mol. The molecule has 3 N–H and O–H groups in total. The van der Waals surface area contributed by atoms with Gasteiger partial charge in [0.15, 0.2) is 0 Å². The van der Waals surface area contributed by atoms with E-state index in [1.807, 2.05) is 13.8 Å². The third-order valence-electron chi connectivity index (χ3n) is 5.46. The second-order valence-corrected chi connectivity index (χ2v) is 8.26. The minimum absolute atomic E-state index is 0.0540. The molecule has 1 aromatic carbocycles. The molecule has 9 nitrogen and oxygen atoms in total. The van der Waals surface area contributed by atoms with Crippen LogP contribution in [0.4, 0.5) is 5.69 Å². The van der Waals surface area contributed by atoms with Crippen molar-refractivity contribution in [2.24, 2.45) is 5.73 Å². The summed E-state index contributed by atoms with van der Waals surface area (Å²) in [5.41, 5.74) is 6.36. The van der Waals surface area contributed by atoms with Gasteiger partial charge in [0.05, 0.1) is 13.0 Å². The van der Waals surface area contributed by atoms with Crippen molar-refractivity contribution in [3.63, 3.8) is 0 Å². The molecule has 1 aromatic rings. The average Bonchev–Trinajstić information content (AvgIpc) is 2.77. The maximum absolute atomic E-state index is 13.1. The fourth-order valence-corrected chi connectivity index (χ4v) is 5.31. The number of aliphatic carboxylic acids is 1. The molecule has 3 rings (SSSR count). The van der Waals surface area contributed by atoms with E-state index in [2.05, 4.69) is 0 Å². The highest BCUT2D eigenvalue weighted by molar-refractivity contribution is 8.00. The smallest absolute Gasteiger partial charge is 0.352 e. The second-order valence-electron chi connectivity index (χ2n) is 7.16. The molecule has 10 heteroatoms. The molecule has 0 aliphatic carbocycles. The first kappa shape index (κ1) is 22.8. The summed E-state index contributed by atoms with van der Waals surface area (Å²) >= 11 is 1.35. The number of carbonyl (C=O) groups is 4. The van der Waals surface area contributed by atoms with Gasteiger partial charge >= 0.3 is 5.97 Å². The summed E-state index contributed by atoms with van der Waals surface area (Å²) in [5, 5.41) is 9.27. The molecule has 1 saturated heterocycles. The number of rotatable bonds is 8. The molecule has 2 atom stereocenters. The number of nitrogens with two attached hydrogens (primary N) is 1. The van der Waals surface area contributed by atoms with E-state index in [1.165, 1.54) is 21.6 Å². The molecule has 3 amide bonds. The van der Waals surface area contributed by atoms with E-state index in [9.17, 15) is 24.3 Å². The molecule has 0 spiro atoms. The van der Waals surface area contributed by atoms with Crippen LogP contribution in [0.1, 0.15) is 20.3 Å². The Hall–Kier alpha value is -2.85. The Bertz CT molecular complexity index is 916. The van der Waals surface area contributed by atoms with E-state index in [1.54, 1.807) is 35.2 Å². The molecule has 0 radical (unpaired) electrons. The van der Waals surface area contributed by atoms with Crippen LogP contribution in [0, 0.1) is 0 Å². The van der Waals surface area contributed by atoms with Gasteiger partial charge in [-0.1, -0.05) is 18.2 Å². The lowest BCUT2D eigenvalue weighted by Crippen LogP contribution is -2.72. The summed E-state index contributed by atoms with van der Waals surface area (Å²) in [7, 11) is 0. The van der Waals surface area contributed by atoms with E-state index < -0.39 is 29.2 Å². The molecule has 0 bridgehead atoms. The summed E-state index contributed by atoms with van der Waals surface area (Å²) in [6.45, 7) is 4.49. The number of nitrogens with zero attached hydrogens (tertiary/aromatic N) is 3. The highest BCUT2D eigenvalue weighted by Crippen LogP contribution is 2.44. The predicted octanol–water partition coefficient (Wildman–Crippen LogP) is 0.859. The number of hydrogen-bond acceptors (Lipinski definition) is 6. The van der Waals surface area contributed by atoms with Crippen LogP contribution in [0.5, 0.6) is 0 Å². The summed E-state index contributed by atoms with van der Waals surface area (Å²) in [6, 6.07) is 7.86. The highest BCUT2D eigenvalue weighted by Gasteiger charge is 2.57. The van der Waals surface area contributed by atoms with Gasteiger partial charge in [0.1, 0.15) is 17.1 Å². The van der Waals surface area contributed by atoms with Gasteiger partial charge < -0.3 is 15.7 Å². The number of fused-ring (bicyclic) bond motifs is 1. The van der Waals surface area contributed by atoms with Crippen LogP contribution in [-0.2, 0) is 19.2 Å². The molecular weight excluding hydrogens is 420 g/mol. The normalized spacial score (nSPS) is 20.1. The molecule has 0 saturated carbocycles. The summed E-state index contributed by atoms with van der Waals surface area (Å²) < 4.78 is 0. The summed E-state index contributed by atoms with van der Waals surface area (Å²) in [4.78, 5) is 54.4. The molecule has 1 fully saturated rings. The maximum Gasteiger partial charge on any atom is 0.352 e. The van der Waals surface area contributed by atoms with E-state index in [-0.39, 0.29) is 24.6 Å². The van der Waals surface area contributed by atoms with Crippen molar-refractivity contribution in [3.8, 4) is 0 Å². The molecule has 0 unspecified atom stereocenters. The van der Waals surface area contributed by atoms with Gasteiger partial charge in [-0.05, 0) is 31.6 Å². The number of hydrogen-bond donors (Lipinski definition) is 2. The van der Waals surface area contributed by atoms with Crippen LogP contribution in [0.15, 0.2) is 41.6 Å². The number of thioether (sulfide) groups is 1. The van der Waals surface area contributed by atoms with Gasteiger partial charge in [-0.2, -0.15) is 0 Å². The van der Waals surface area contributed by atoms with Crippen molar-refractivity contribution < 1.29 is 24.3 Å². The highest BCUT2D eigenvalue weighted by atomic mass is 32.2. The molecule has 2 aliphatic heterocycles. The molecule has 2 aliphatic rings. The summed E-state index contributed by atoms with van der Waals surface area (Å²) in [5.74, 6) is -2.05. The number of anilines is 1. The van der Waals surface area contributed by atoms with Crippen molar-refractivity contribution in [2.45, 2.75) is 31.7 Å². The van der Waals surface area contributed by atoms with E-state index >= 15 is 0 Å². The van der Waals surface area contributed by atoms with Gasteiger partial charge in [-0.15, -0.1) is 11.8 Å². The first-order valence-corrected chi connectivity index (χ1v) is 11.1. The molecular formula is C21H26N4O5S. The van der Waals surface area contributed by atoms with Gasteiger partial charge in [0.25, 0.3) is 5.91 Å². The van der Waals surface area contributed by atoms with Gasteiger partial charge in [0.2, 0.25) is 11.8 Å². The van der Waals surface area contributed by atoms with Gasteiger partial charge in [0, 0.05) is 24.5 Å². The Labute approximate surface area is 184 Å². The van der Waals surface area contributed by atoms with Crippen molar-refractivity contribution in [2.75, 3.05) is 30.3 Å². The van der Waals surface area contributed by atoms with Gasteiger partial charge in [-0.25, -0.2) is 4.79 Å². The number of para-hydroxylation sites is 1. The van der Waals surface area contributed by atoms with Crippen molar-refractivity contribution in [3.05, 3.63) is 41.6 Å². The third-order valence-corrected chi connectivity index (χ3v) is 6.78. The quantitative estimate of drug-likeness (QED) is 0.568. The number of carboxylic acids is 1. The average molecular weight is 447 g/mol. The Balaban J connectivity index is 1.92. The Morgan fingerprint density at radius 3 is 2.35 bits per heavy atom. The topological polar surface area (TPSA) is 124 Å². The van der Waals surface area contributed by atoms with Crippen molar-refractivity contribution in [1.29, 1.82) is 0 Å². The largest absolute Gasteiger partial charge is 0.477 e. The lowest BCUT2D eigenvalue weighted by molar-refractivity contribution is -0.149. The zero-order chi connectivity index (χ0) is 22.7. The third kappa shape index (κ3) is 4.17. The first-order chi connectivity index (χ1) is 14.8. The minimum Gasteiger partial charge on any atom is -0.477 e. The fraction of sp³-hybridized carbons (Fsp3) is 0.429. The van der Waals surface area contributed by atoms with E-state index in [0.717, 1.165) is 0 Å². The van der Waals surface area contributed by atoms with Crippen LogP contribution >= 0.6 is 11.8 Å². The standard InChI is InChI=1S/C21H26N4O5S/c1-3-23(4-2)15(26)10-13-12-31-20-18(19(28)25(20)17(13)21(29)30)24(16(27)11-22)14-8-6-5-7-9-14/h5-9,18,20H,3-4,10-12,22H2,1-2H3,(H,29,30)/t18-,20+/m1/s1. The molecule has 166 valence electrons. The lowest BCUT2D eigenvalue weighted by atomic mass is 9.99. The van der Waals surface area contributed by atoms with Crippen LogP contribution in [-0.4, -0.2) is 75.4 Å². The molecule has 0 aromatic heterocycles. The van der Waals surface area contributed by atoms with Crippen LogP contribution in [0.3, 0.4) is 0 Å². The van der Waals surface area contributed by atoms with E-state index in [4.69, 9.17) is 5.73 Å². The Morgan fingerprint density at radius 1 is 1.16 bits per heavy atom. The number of amides is 3. The molecule has 31 heavy (non-hydrogen) atoms.